The monoisotopic (exact) mass is 293 g/mol. The Morgan fingerprint density at radius 3 is 2.90 bits per heavy atom. The Labute approximate surface area is 129 Å². The van der Waals surface area contributed by atoms with E-state index in [4.69, 9.17) is 10.5 Å². The van der Waals surface area contributed by atoms with Gasteiger partial charge in [-0.3, -0.25) is 4.68 Å². The molecule has 21 heavy (non-hydrogen) atoms. The molecular weight excluding hydrogens is 262 g/mol. The van der Waals surface area contributed by atoms with Gasteiger partial charge in [0.25, 0.3) is 0 Å². The lowest BCUT2D eigenvalue weighted by molar-refractivity contribution is -0.0927. The van der Waals surface area contributed by atoms with E-state index in [1.54, 1.807) is 0 Å². The number of rotatable bonds is 6. The highest BCUT2D eigenvalue weighted by atomic mass is 16.5. The van der Waals surface area contributed by atoms with Gasteiger partial charge >= 0.3 is 0 Å². The van der Waals surface area contributed by atoms with E-state index in [9.17, 15) is 0 Å². The molecule has 1 aliphatic rings. The molecule has 1 aromatic rings. The van der Waals surface area contributed by atoms with Crippen LogP contribution in [0.25, 0.3) is 0 Å². The highest BCUT2D eigenvalue weighted by molar-refractivity contribution is 5.12. The molecular formula is C17H31N3O. The standard InChI is InChI=1S/C17H31N3O/c1-5-20-15(10-14(4)19-20)11-16(18)17(21-6-2)9-7-8-13(3)12-17/h10,13,16H,5-9,11-12,18H2,1-4H3. The van der Waals surface area contributed by atoms with E-state index in [-0.39, 0.29) is 11.6 Å². The molecule has 3 unspecified atom stereocenters. The van der Waals surface area contributed by atoms with E-state index in [1.165, 1.54) is 18.5 Å². The summed E-state index contributed by atoms with van der Waals surface area (Å²) in [7, 11) is 0. The van der Waals surface area contributed by atoms with E-state index in [0.717, 1.165) is 38.1 Å². The third-order valence-electron chi connectivity index (χ3n) is 4.81. The molecule has 0 spiro atoms. The van der Waals surface area contributed by atoms with Crippen LogP contribution in [0.5, 0.6) is 0 Å². The van der Waals surface area contributed by atoms with Crippen LogP contribution in [0, 0.1) is 12.8 Å². The fourth-order valence-electron chi connectivity index (χ4n) is 3.85. The van der Waals surface area contributed by atoms with Crippen molar-refractivity contribution in [3.05, 3.63) is 17.5 Å². The number of aryl methyl sites for hydroxylation is 2. The number of aromatic nitrogens is 2. The highest BCUT2D eigenvalue weighted by Crippen LogP contribution is 2.38. The average Bonchev–Trinajstić information content (AvgIpc) is 2.79. The molecule has 4 heteroatoms. The van der Waals surface area contributed by atoms with Crippen LogP contribution in [0.4, 0.5) is 0 Å². The Kier molecular flexibility index (Phi) is 5.44. The summed E-state index contributed by atoms with van der Waals surface area (Å²) in [6.07, 6.45) is 5.54. The van der Waals surface area contributed by atoms with Gasteiger partial charge in [0.15, 0.2) is 0 Å². The van der Waals surface area contributed by atoms with Crippen molar-refractivity contribution in [3.63, 3.8) is 0 Å². The van der Waals surface area contributed by atoms with Gasteiger partial charge in [-0.15, -0.1) is 0 Å². The van der Waals surface area contributed by atoms with Crippen LogP contribution in [-0.4, -0.2) is 28.0 Å². The van der Waals surface area contributed by atoms with Crippen LogP contribution in [0.3, 0.4) is 0 Å². The second-order valence-electron chi connectivity index (χ2n) is 6.60. The number of nitrogens with zero attached hydrogens (tertiary/aromatic N) is 2. The molecule has 0 bridgehead atoms. The lowest BCUT2D eigenvalue weighted by Crippen LogP contribution is -2.54. The summed E-state index contributed by atoms with van der Waals surface area (Å²) in [6.45, 7) is 10.2. The normalized spacial score (nSPS) is 27.8. The maximum absolute atomic E-state index is 6.63. The maximum atomic E-state index is 6.63. The zero-order valence-corrected chi connectivity index (χ0v) is 14.1. The molecule has 1 fully saturated rings. The summed E-state index contributed by atoms with van der Waals surface area (Å²) >= 11 is 0. The first-order valence-corrected chi connectivity index (χ1v) is 8.43. The molecule has 1 heterocycles. The van der Waals surface area contributed by atoms with Crippen molar-refractivity contribution in [3.8, 4) is 0 Å². The molecule has 1 aromatic heterocycles. The molecule has 0 amide bonds. The Morgan fingerprint density at radius 1 is 1.52 bits per heavy atom. The van der Waals surface area contributed by atoms with Crippen molar-refractivity contribution < 1.29 is 4.74 Å². The van der Waals surface area contributed by atoms with Crippen molar-refractivity contribution in [2.75, 3.05) is 6.61 Å². The summed E-state index contributed by atoms with van der Waals surface area (Å²) in [5.41, 5.74) is 8.79. The zero-order chi connectivity index (χ0) is 15.5. The molecule has 0 radical (unpaired) electrons. The predicted octanol–water partition coefficient (Wildman–Crippen LogP) is 3.07. The Morgan fingerprint density at radius 2 is 2.29 bits per heavy atom. The lowest BCUT2D eigenvalue weighted by Gasteiger charge is -2.44. The third kappa shape index (κ3) is 3.67. The topological polar surface area (TPSA) is 53.1 Å². The fourth-order valence-corrected chi connectivity index (χ4v) is 3.85. The Hall–Kier alpha value is -0.870. The summed E-state index contributed by atoms with van der Waals surface area (Å²) in [4.78, 5) is 0. The molecule has 2 rings (SSSR count). The molecule has 0 saturated heterocycles. The number of hydrogen-bond acceptors (Lipinski definition) is 3. The van der Waals surface area contributed by atoms with Crippen LogP contribution in [0.15, 0.2) is 6.07 Å². The molecule has 120 valence electrons. The minimum absolute atomic E-state index is 0.0431. The summed E-state index contributed by atoms with van der Waals surface area (Å²) < 4.78 is 8.27. The van der Waals surface area contributed by atoms with Gasteiger partial charge in [0.1, 0.15) is 0 Å². The molecule has 2 N–H and O–H groups in total. The van der Waals surface area contributed by atoms with Crippen molar-refractivity contribution in [1.29, 1.82) is 0 Å². The van der Waals surface area contributed by atoms with Crippen molar-refractivity contribution in [2.24, 2.45) is 11.7 Å². The number of hydrogen-bond donors (Lipinski definition) is 1. The SMILES string of the molecule is CCOC1(C(N)Cc2cc(C)nn2CC)CCCC(C)C1. The molecule has 1 saturated carbocycles. The van der Waals surface area contributed by atoms with Gasteiger partial charge in [0, 0.05) is 31.3 Å². The second-order valence-corrected chi connectivity index (χ2v) is 6.60. The van der Waals surface area contributed by atoms with Gasteiger partial charge in [0.2, 0.25) is 0 Å². The molecule has 0 aliphatic heterocycles. The largest absolute Gasteiger partial charge is 0.374 e. The Balaban J connectivity index is 2.16. The maximum Gasteiger partial charge on any atom is 0.0838 e. The van der Waals surface area contributed by atoms with Gasteiger partial charge in [-0.05, 0) is 45.6 Å². The van der Waals surface area contributed by atoms with Crippen LogP contribution in [-0.2, 0) is 17.7 Å². The van der Waals surface area contributed by atoms with Crippen molar-refractivity contribution in [2.45, 2.75) is 78.0 Å². The minimum Gasteiger partial charge on any atom is -0.374 e. The zero-order valence-electron chi connectivity index (χ0n) is 14.1. The first-order chi connectivity index (χ1) is 10.0. The van der Waals surface area contributed by atoms with E-state index in [0.29, 0.717) is 5.92 Å². The van der Waals surface area contributed by atoms with Crippen molar-refractivity contribution >= 4 is 0 Å². The van der Waals surface area contributed by atoms with Gasteiger partial charge in [-0.1, -0.05) is 19.8 Å². The molecule has 4 nitrogen and oxygen atoms in total. The fraction of sp³-hybridized carbons (Fsp3) is 0.824. The van der Waals surface area contributed by atoms with Crippen LogP contribution < -0.4 is 5.73 Å². The summed E-state index contributed by atoms with van der Waals surface area (Å²) in [5, 5.41) is 4.53. The first-order valence-electron chi connectivity index (χ1n) is 8.43. The lowest BCUT2D eigenvalue weighted by atomic mass is 9.73. The van der Waals surface area contributed by atoms with E-state index < -0.39 is 0 Å². The summed E-state index contributed by atoms with van der Waals surface area (Å²) in [5.74, 6) is 0.703. The first kappa shape index (κ1) is 16.5. The van der Waals surface area contributed by atoms with E-state index >= 15 is 0 Å². The van der Waals surface area contributed by atoms with Crippen LogP contribution >= 0.6 is 0 Å². The Bertz CT molecular complexity index is 453. The van der Waals surface area contributed by atoms with E-state index in [2.05, 4.69) is 36.6 Å². The minimum atomic E-state index is -0.150. The van der Waals surface area contributed by atoms with Gasteiger partial charge in [-0.2, -0.15) is 5.10 Å². The average molecular weight is 293 g/mol. The van der Waals surface area contributed by atoms with E-state index in [1.807, 2.05) is 6.92 Å². The highest BCUT2D eigenvalue weighted by Gasteiger charge is 2.41. The molecule has 1 aliphatic carbocycles. The van der Waals surface area contributed by atoms with Gasteiger partial charge in [-0.25, -0.2) is 0 Å². The third-order valence-corrected chi connectivity index (χ3v) is 4.81. The van der Waals surface area contributed by atoms with Crippen molar-refractivity contribution in [1.82, 2.24) is 9.78 Å². The number of ether oxygens (including phenoxy) is 1. The van der Waals surface area contributed by atoms with Crippen LogP contribution in [0.2, 0.25) is 0 Å². The van der Waals surface area contributed by atoms with Crippen LogP contribution in [0.1, 0.15) is 57.8 Å². The van der Waals surface area contributed by atoms with Gasteiger partial charge < -0.3 is 10.5 Å². The quantitative estimate of drug-likeness (QED) is 0.877. The number of nitrogens with two attached hydrogens (primary N) is 1. The summed E-state index contributed by atoms with van der Waals surface area (Å²) in [6, 6.07) is 2.21. The predicted molar refractivity (Wildman–Crippen MR) is 86.3 cm³/mol. The van der Waals surface area contributed by atoms with Gasteiger partial charge in [0.05, 0.1) is 11.3 Å². The molecule has 0 aromatic carbocycles. The second kappa shape index (κ2) is 6.93. The molecule has 3 atom stereocenters. The smallest absolute Gasteiger partial charge is 0.0838 e.